The molecule has 11 heavy (non-hydrogen) atoms. The largest absolute Gasteiger partial charge is 0.508 e. The molecule has 0 aliphatic rings. The molecule has 1 aromatic rings. The Bertz CT molecular complexity index is 271. The minimum atomic E-state index is -0.0538. The molecule has 0 aromatic heterocycles. The predicted octanol–water partition coefficient (Wildman–Crippen LogP) is 1.24. The van der Waals surface area contributed by atoms with Crippen LogP contribution in [0.4, 0.5) is 5.69 Å². The van der Waals surface area contributed by atoms with Gasteiger partial charge in [-0.2, -0.15) is 0 Å². The molecule has 1 rings (SSSR count). The highest BCUT2D eigenvalue weighted by molar-refractivity contribution is 5.60. The van der Waals surface area contributed by atoms with Crippen molar-refractivity contribution in [3.05, 3.63) is 17.7 Å². The van der Waals surface area contributed by atoms with Crippen molar-refractivity contribution in [1.82, 2.24) is 0 Å². The van der Waals surface area contributed by atoms with E-state index < -0.39 is 0 Å². The summed E-state index contributed by atoms with van der Waals surface area (Å²) in [5.74, 6) is -0.00426. The van der Waals surface area contributed by atoms with Gasteiger partial charge in [0.25, 0.3) is 0 Å². The van der Waals surface area contributed by atoms with Crippen LogP contribution in [0, 0.1) is 0 Å². The molecular weight excluding hydrogens is 142 g/mol. The molecule has 0 saturated heterocycles. The van der Waals surface area contributed by atoms with Crippen LogP contribution in [0.2, 0.25) is 0 Å². The van der Waals surface area contributed by atoms with Gasteiger partial charge in [-0.15, -0.1) is 0 Å². The van der Waals surface area contributed by atoms with E-state index in [1.54, 1.807) is 6.07 Å². The number of phenolic OH excluding ortho intramolecular Hbond substituents is 2. The Morgan fingerprint density at radius 2 is 2.00 bits per heavy atom. The lowest BCUT2D eigenvalue weighted by Crippen LogP contribution is -1.92. The fourth-order valence-electron chi connectivity index (χ4n) is 0.973. The summed E-state index contributed by atoms with van der Waals surface area (Å²) in [6.07, 6.45) is 0.702. The monoisotopic (exact) mass is 153 g/mol. The van der Waals surface area contributed by atoms with Crippen molar-refractivity contribution in [3.63, 3.8) is 0 Å². The van der Waals surface area contributed by atoms with Gasteiger partial charge in [0.15, 0.2) is 0 Å². The summed E-state index contributed by atoms with van der Waals surface area (Å²) in [5.41, 5.74) is 6.62. The van der Waals surface area contributed by atoms with Gasteiger partial charge in [-0.25, -0.2) is 0 Å². The number of hydrogen-bond donors (Lipinski definition) is 3. The minimum absolute atomic E-state index is 0.0496. The molecule has 0 aliphatic heterocycles. The van der Waals surface area contributed by atoms with Crippen molar-refractivity contribution in [3.8, 4) is 11.5 Å². The van der Waals surface area contributed by atoms with Gasteiger partial charge in [-0.3, -0.25) is 0 Å². The molecule has 0 spiro atoms. The molecule has 0 heterocycles. The first-order valence-corrected chi connectivity index (χ1v) is 3.45. The Labute approximate surface area is 65.1 Å². The van der Waals surface area contributed by atoms with Crippen LogP contribution in [0.5, 0.6) is 11.5 Å². The molecule has 0 fully saturated rings. The quantitative estimate of drug-likeness (QED) is 0.323. The highest BCUT2D eigenvalue weighted by Gasteiger charge is 2.03. The van der Waals surface area contributed by atoms with Crippen LogP contribution in [0.25, 0.3) is 0 Å². The number of anilines is 1. The Morgan fingerprint density at radius 1 is 1.36 bits per heavy atom. The Hall–Kier alpha value is -1.38. The first kappa shape index (κ1) is 7.72. The predicted molar refractivity (Wildman–Crippen MR) is 43.6 cm³/mol. The first-order valence-electron chi connectivity index (χ1n) is 3.45. The zero-order valence-corrected chi connectivity index (χ0v) is 6.33. The van der Waals surface area contributed by atoms with Gasteiger partial charge < -0.3 is 15.9 Å². The second-order valence-corrected chi connectivity index (χ2v) is 2.39. The maximum Gasteiger partial charge on any atom is 0.142 e. The Balaban J connectivity index is 3.24. The van der Waals surface area contributed by atoms with Crippen molar-refractivity contribution in [1.29, 1.82) is 0 Å². The second-order valence-electron chi connectivity index (χ2n) is 2.39. The number of rotatable bonds is 1. The van der Waals surface area contributed by atoms with E-state index in [0.717, 1.165) is 5.56 Å². The Kier molecular flexibility index (Phi) is 1.89. The van der Waals surface area contributed by atoms with E-state index in [2.05, 4.69) is 0 Å². The van der Waals surface area contributed by atoms with Crippen molar-refractivity contribution < 1.29 is 10.2 Å². The maximum atomic E-state index is 9.13. The van der Waals surface area contributed by atoms with E-state index in [4.69, 9.17) is 15.9 Å². The van der Waals surface area contributed by atoms with Crippen LogP contribution in [-0.2, 0) is 6.42 Å². The van der Waals surface area contributed by atoms with Gasteiger partial charge in [-0.05, 0) is 18.1 Å². The van der Waals surface area contributed by atoms with Crippen LogP contribution in [0.15, 0.2) is 12.1 Å². The fraction of sp³-hybridized carbons (Fsp3) is 0.250. The molecule has 60 valence electrons. The number of aryl methyl sites for hydroxylation is 1. The first-order chi connectivity index (χ1) is 5.15. The van der Waals surface area contributed by atoms with Crippen LogP contribution >= 0.6 is 0 Å². The summed E-state index contributed by atoms with van der Waals surface area (Å²) >= 11 is 0. The molecule has 0 radical (unpaired) electrons. The molecule has 3 heteroatoms. The smallest absolute Gasteiger partial charge is 0.142 e. The molecule has 4 N–H and O–H groups in total. The molecule has 0 amide bonds. The number of phenols is 2. The zero-order chi connectivity index (χ0) is 8.43. The van der Waals surface area contributed by atoms with Gasteiger partial charge in [-0.1, -0.05) is 6.92 Å². The SMILES string of the molecule is CCc1cc(O)cc(O)c1N. The van der Waals surface area contributed by atoms with Crippen LogP contribution in [0.3, 0.4) is 0 Å². The fourth-order valence-corrected chi connectivity index (χ4v) is 0.973. The van der Waals surface area contributed by atoms with E-state index in [1.165, 1.54) is 6.07 Å². The van der Waals surface area contributed by atoms with E-state index in [9.17, 15) is 0 Å². The maximum absolute atomic E-state index is 9.13. The third-order valence-electron chi connectivity index (χ3n) is 1.61. The lowest BCUT2D eigenvalue weighted by atomic mass is 10.1. The Morgan fingerprint density at radius 3 is 2.55 bits per heavy atom. The van der Waals surface area contributed by atoms with Gasteiger partial charge >= 0.3 is 0 Å². The summed E-state index contributed by atoms with van der Waals surface area (Å²) in [6.45, 7) is 1.91. The molecule has 0 unspecified atom stereocenters. The van der Waals surface area contributed by atoms with Crippen LogP contribution in [0.1, 0.15) is 12.5 Å². The summed E-state index contributed by atoms with van der Waals surface area (Å²) in [6, 6.07) is 2.78. The van der Waals surface area contributed by atoms with Crippen molar-refractivity contribution in [2.24, 2.45) is 0 Å². The number of nitrogen functional groups attached to an aromatic ring is 1. The second kappa shape index (κ2) is 2.70. The lowest BCUT2D eigenvalue weighted by Gasteiger charge is -2.05. The highest BCUT2D eigenvalue weighted by Crippen LogP contribution is 2.29. The van der Waals surface area contributed by atoms with Gasteiger partial charge in [0, 0.05) is 6.07 Å². The topological polar surface area (TPSA) is 66.5 Å². The van der Waals surface area contributed by atoms with E-state index in [-0.39, 0.29) is 11.5 Å². The summed E-state index contributed by atoms with van der Waals surface area (Å²) < 4.78 is 0. The third kappa shape index (κ3) is 1.37. The zero-order valence-electron chi connectivity index (χ0n) is 6.33. The average molecular weight is 153 g/mol. The molecule has 0 saturated carbocycles. The van der Waals surface area contributed by atoms with Crippen LogP contribution in [-0.4, -0.2) is 10.2 Å². The summed E-state index contributed by atoms with van der Waals surface area (Å²) in [5, 5.41) is 18.2. The third-order valence-corrected chi connectivity index (χ3v) is 1.61. The summed E-state index contributed by atoms with van der Waals surface area (Å²) in [4.78, 5) is 0. The van der Waals surface area contributed by atoms with Crippen molar-refractivity contribution >= 4 is 5.69 Å². The van der Waals surface area contributed by atoms with Gasteiger partial charge in [0.1, 0.15) is 11.5 Å². The standard InChI is InChI=1S/C8H11NO2/c1-2-5-3-6(10)4-7(11)8(5)9/h3-4,10-11H,2,9H2,1H3. The number of nitrogens with two attached hydrogens (primary N) is 1. The molecule has 0 atom stereocenters. The van der Waals surface area contributed by atoms with E-state index in [1.807, 2.05) is 6.92 Å². The number of benzene rings is 1. The molecule has 0 aliphatic carbocycles. The van der Waals surface area contributed by atoms with Crippen molar-refractivity contribution in [2.75, 3.05) is 5.73 Å². The molecule has 1 aromatic carbocycles. The normalized spacial score (nSPS) is 9.91. The van der Waals surface area contributed by atoms with Gasteiger partial charge in [0.2, 0.25) is 0 Å². The van der Waals surface area contributed by atoms with E-state index >= 15 is 0 Å². The minimum Gasteiger partial charge on any atom is -0.508 e. The molecule has 0 bridgehead atoms. The van der Waals surface area contributed by atoms with Gasteiger partial charge in [0.05, 0.1) is 5.69 Å². The average Bonchev–Trinajstić information content (AvgIpc) is 1.96. The number of hydrogen-bond acceptors (Lipinski definition) is 3. The lowest BCUT2D eigenvalue weighted by molar-refractivity contribution is 0.451. The molecule has 3 nitrogen and oxygen atoms in total. The van der Waals surface area contributed by atoms with E-state index in [0.29, 0.717) is 12.1 Å². The summed E-state index contributed by atoms with van der Waals surface area (Å²) in [7, 11) is 0. The van der Waals surface area contributed by atoms with Crippen LogP contribution < -0.4 is 5.73 Å². The van der Waals surface area contributed by atoms with Crippen molar-refractivity contribution in [2.45, 2.75) is 13.3 Å². The number of aromatic hydroxyl groups is 2. The molecular formula is C8H11NO2. The highest BCUT2D eigenvalue weighted by atomic mass is 16.3.